The third-order valence-corrected chi connectivity index (χ3v) is 2.56. The van der Waals surface area contributed by atoms with Gasteiger partial charge in [-0.15, -0.1) is 0 Å². The molecule has 0 aliphatic heterocycles. The number of benzene rings is 1. The lowest BCUT2D eigenvalue weighted by Crippen LogP contribution is -1.85. The molecule has 2 rings (SSSR count). The molecule has 14 heavy (non-hydrogen) atoms. The van der Waals surface area contributed by atoms with E-state index in [0.29, 0.717) is 10.2 Å². The van der Waals surface area contributed by atoms with Crippen molar-refractivity contribution >= 4 is 32.4 Å². The third-order valence-electron chi connectivity index (χ3n) is 1.66. The van der Waals surface area contributed by atoms with Crippen molar-refractivity contribution in [3.05, 3.63) is 33.3 Å². The maximum Gasteiger partial charge on any atom is 0.524 e. The zero-order chi connectivity index (χ0) is 10.1. The Morgan fingerprint density at radius 1 is 1.57 bits per heavy atom. The molecule has 1 heterocycles. The van der Waals surface area contributed by atoms with E-state index >= 15 is 0 Å². The first-order chi connectivity index (χ1) is 6.70. The molecule has 0 unspecified atom stereocenters. The van der Waals surface area contributed by atoms with E-state index in [1.807, 2.05) is 0 Å². The van der Waals surface area contributed by atoms with Crippen molar-refractivity contribution in [3.63, 3.8) is 0 Å². The van der Waals surface area contributed by atoms with Crippen molar-refractivity contribution in [1.29, 1.82) is 5.39 Å². The molecule has 1 aromatic heterocycles. The highest BCUT2D eigenvalue weighted by atomic mass is 32.1. The second-order valence-corrected chi connectivity index (χ2v) is 3.51. The number of aromatic nitrogens is 1. The highest BCUT2D eigenvalue weighted by Crippen LogP contribution is 2.30. The lowest BCUT2D eigenvalue weighted by Gasteiger charge is -1.86. The van der Waals surface area contributed by atoms with E-state index in [0.717, 1.165) is 11.3 Å². The lowest BCUT2D eigenvalue weighted by atomic mass is 10.3. The summed E-state index contributed by atoms with van der Waals surface area (Å²) in [7, 11) is 0. The molecule has 0 amide bonds. The summed E-state index contributed by atoms with van der Waals surface area (Å²) < 4.78 is 0.631. The van der Waals surface area contributed by atoms with Crippen LogP contribution in [0.4, 0.5) is 10.8 Å². The average Bonchev–Trinajstić information content (AvgIpc) is 2.58. The number of nitro benzene ring substituents is 1. The second-order valence-electron chi connectivity index (χ2n) is 2.51. The quantitative estimate of drug-likeness (QED) is 0.408. The predicted octanol–water partition coefficient (Wildman–Crippen LogP) is 2.69. The number of nitrogens with zero attached hydrogens (tertiary/aromatic N) is 4. The van der Waals surface area contributed by atoms with Crippen LogP contribution in [0.2, 0.25) is 0 Å². The number of fused-ring (bicyclic) bond motifs is 1. The zero-order valence-electron chi connectivity index (χ0n) is 6.75. The van der Waals surface area contributed by atoms with E-state index in [1.165, 1.54) is 18.2 Å². The summed E-state index contributed by atoms with van der Waals surface area (Å²) in [4.78, 5) is 16.8. The van der Waals surface area contributed by atoms with Crippen LogP contribution in [0.3, 0.4) is 0 Å². The molecule has 2 aromatic rings. The molecule has 0 bridgehead atoms. The zero-order valence-corrected chi connectivity index (χ0v) is 7.56. The van der Waals surface area contributed by atoms with Gasteiger partial charge in [-0.1, -0.05) is 0 Å². The van der Waals surface area contributed by atoms with E-state index < -0.39 is 4.92 Å². The van der Waals surface area contributed by atoms with E-state index in [9.17, 15) is 10.1 Å². The Morgan fingerprint density at radius 3 is 3.00 bits per heavy atom. The summed E-state index contributed by atoms with van der Waals surface area (Å²) >= 11 is 1.10. The molecule has 6 nitrogen and oxygen atoms in total. The molecule has 1 aromatic carbocycles. The topological polar surface area (TPSA) is 84.2 Å². The molecule has 0 N–H and O–H groups in total. The Morgan fingerprint density at radius 2 is 2.36 bits per heavy atom. The summed E-state index contributed by atoms with van der Waals surface area (Å²) in [6, 6.07) is 4.30. The van der Waals surface area contributed by atoms with Crippen LogP contribution < -0.4 is 0 Å². The summed E-state index contributed by atoms with van der Waals surface area (Å²) in [5.74, 6) is 0. The molecule has 7 heteroatoms. The van der Waals surface area contributed by atoms with E-state index in [-0.39, 0.29) is 10.8 Å². The number of hydrogen-bond donors (Lipinski definition) is 0. The predicted molar refractivity (Wildman–Crippen MR) is 51.0 cm³/mol. The average molecular weight is 207 g/mol. The van der Waals surface area contributed by atoms with Crippen LogP contribution in [0.15, 0.2) is 18.2 Å². The van der Waals surface area contributed by atoms with Crippen molar-refractivity contribution in [1.82, 2.24) is 4.98 Å². The van der Waals surface area contributed by atoms with Gasteiger partial charge in [-0.25, -0.2) is 0 Å². The van der Waals surface area contributed by atoms with E-state index in [1.54, 1.807) is 0 Å². The Labute approximate surface area is 81.6 Å². The van der Waals surface area contributed by atoms with Gasteiger partial charge in [0.1, 0.15) is 0 Å². The Bertz CT molecular complexity index is 556. The monoisotopic (exact) mass is 207 g/mol. The standard InChI is InChI=1S/C7H3N4O2S/c8-10-7-9-5-2-1-4(11(12)13)3-6(5)14-7/h1-3H/q+1. The minimum absolute atomic E-state index is 0.00522. The van der Waals surface area contributed by atoms with Crippen molar-refractivity contribution in [3.8, 4) is 0 Å². The number of non-ortho nitro benzene ring substituents is 1. The molecule has 0 aliphatic carbocycles. The molecule has 0 atom stereocenters. The number of thiazole rings is 1. The van der Waals surface area contributed by atoms with Gasteiger partial charge in [0.25, 0.3) is 5.69 Å². The van der Waals surface area contributed by atoms with Crippen molar-refractivity contribution in [2.24, 2.45) is 0 Å². The van der Waals surface area contributed by atoms with Crippen molar-refractivity contribution in [2.75, 3.05) is 0 Å². The van der Waals surface area contributed by atoms with Gasteiger partial charge in [0.05, 0.1) is 15.0 Å². The van der Waals surface area contributed by atoms with Crippen LogP contribution in [-0.4, -0.2) is 9.91 Å². The minimum atomic E-state index is -0.477. The molecule has 0 spiro atoms. The largest absolute Gasteiger partial charge is 0.524 e. The van der Waals surface area contributed by atoms with E-state index in [2.05, 4.69) is 9.96 Å². The van der Waals surface area contributed by atoms with Gasteiger partial charge in [-0.05, 0) is 22.4 Å². The smallest absolute Gasteiger partial charge is 0.258 e. The molecule has 0 radical (unpaired) electrons. The Balaban J connectivity index is 2.66. The second kappa shape index (κ2) is 3.01. The van der Waals surface area contributed by atoms with Crippen LogP contribution in [0.5, 0.6) is 0 Å². The number of diazo groups is 1. The van der Waals surface area contributed by atoms with Gasteiger partial charge in [-0.2, -0.15) is 0 Å². The Hall–Kier alpha value is -2.07. The number of rotatable bonds is 1. The summed E-state index contributed by atoms with van der Waals surface area (Å²) in [6.45, 7) is 0. The number of hydrogen-bond acceptors (Lipinski definition) is 5. The lowest BCUT2D eigenvalue weighted by molar-refractivity contribution is -0.384. The van der Waals surface area contributed by atoms with Gasteiger partial charge in [0, 0.05) is 17.1 Å². The first kappa shape index (κ1) is 8.52. The molecule has 0 fully saturated rings. The fourth-order valence-electron chi connectivity index (χ4n) is 1.06. The van der Waals surface area contributed by atoms with Crippen LogP contribution in [0.25, 0.3) is 15.2 Å². The van der Waals surface area contributed by atoms with Gasteiger partial charge < -0.3 is 0 Å². The van der Waals surface area contributed by atoms with Gasteiger partial charge in [0.2, 0.25) is 0 Å². The van der Waals surface area contributed by atoms with Crippen LogP contribution in [0, 0.1) is 15.5 Å². The minimum Gasteiger partial charge on any atom is -0.258 e. The van der Waals surface area contributed by atoms with Crippen LogP contribution in [-0.2, 0) is 0 Å². The molecular formula is C7H3N4O2S+. The van der Waals surface area contributed by atoms with Gasteiger partial charge in [0.15, 0.2) is 5.52 Å². The number of nitro groups is 1. The first-order valence-corrected chi connectivity index (χ1v) is 4.42. The highest BCUT2D eigenvalue weighted by Gasteiger charge is 2.17. The third kappa shape index (κ3) is 1.27. The van der Waals surface area contributed by atoms with Crippen molar-refractivity contribution in [2.45, 2.75) is 0 Å². The molecular weight excluding hydrogens is 204 g/mol. The Kier molecular flexibility index (Phi) is 1.83. The van der Waals surface area contributed by atoms with Crippen LogP contribution in [0.1, 0.15) is 0 Å². The maximum atomic E-state index is 10.4. The fraction of sp³-hybridized carbons (Fsp3) is 0. The summed E-state index contributed by atoms with van der Waals surface area (Å²) in [5, 5.41) is 19.1. The van der Waals surface area contributed by atoms with Gasteiger partial charge in [-0.3, -0.25) is 10.1 Å². The summed E-state index contributed by atoms with van der Waals surface area (Å²) in [6.07, 6.45) is 0. The molecule has 0 saturated heterocycles. The van der Waals surface area contributed by atoms with Gasteiger partial charge >= 0.3 is 5.13 Å². The molecule has 68 valence electrons. The SMILES string of the molecule is N#[N+]c1nc2ccc([N+](=O)[O-])cc2s1. The molecule has 0 aliphatic rings. The van der Waals surface area contributed by atoms with E-state index in [4.69, 9.17) is 5.39 Å². The maximum absolute atomic E-state index is 10.4. The summed E-state index contributed by atoms with van der Waals surface area (Å²) in [5.41, 5.74) is 0.596. The van der Waals surface area contributed by atoms with Crippen molar-refractivity contribution < 1.29 is 4.92 Å². The van der Waals surface area contributed by atoms with Crippen LogP contribution >= 0.6 is 11.3 Å². The fourth-order valence-corrected chi connectivity index (χ4v) is 1.84. The molecule has 0 saturated carbocycles. The normalized spacial score (nSPS) is 9.93. The highest BCUT2D eigenvalue weighted by molar-refractivity contribution is 7.22. The first-order valence-electron chi connectivity index (χ1n) is 3.61.